The minimum absolute atomic E-state index is 0.181. The van der Waals surface area contributed by atoms with Gasteiger partial charge in [-0.05, 0) is 56.0 Å². The normalized spacial score (nSPS) is 17.9. The van der Waals surface area contributed by atoms with Crippen LogP contribution in [0, 0.1) is 11.6 Å². The molecule has 1 aliphatic rings. The molecule has 0 radical (unpaired) electrons. The Morgan fingerprint density at radius 1 is 1.03 bits per heavy atom. The molecule has 1 aliphatic carbocycles. The SMILES string of the molecule is CC.O=C(NC1CCC(N(S)c2cc(C(F)(F)F)nc3ccccc23)CC1)c1cc(F)ccc1F. The molecule has 188 valence electrons. The highest BCUT2D eigenvalue weighted by Crippen LogP contribution is 2.38. The molecule has 1 fully saturated rings. The van der Waals surface area contributed by atoms with E-state index in [1.165, 1.54) is 10.4 Å². The summed E-state index contributed by atoms with van der Waals surface area (Å²) in [5, 5.41) is 3.27. The minimum Gasteiger partial charge on any atom is -0.349 e. The van der Waals surface area contributed by atoms with E-state index in [2.05, 4.69) is 23.1 Å². The van der Waals surface area contributed by atoms with Crippen molar-refractivity contribution >= 4 is 35.3 Å². The lowest BCUT2D eigenvalue weighted by atomic mass is 9.90. The average molecular weight is 512 g/mol. The molecule has 4 nitrogen and oxygen atoms in total. The van der Waals surface area contributed by atoms with Crippen LogP contribution in [0.1, 0.15) is 55.6 Å². The average Bonchev–Trinajstić information content (AvgIpc) is 2.85. The maximum Gasteiger partial charge on any atom is 0.433 e. The van der Waals surface area contributed by atoms with Crippen molar-refractivity contribution in [3.05, 3.63) is 71.4 Å². The molecule has 10 heteroatoms. The van der Waals surface area contributed by atoms with Gasteiger partial charge in [-0.25, -0.2) is 13.8 Å². The Kier molecular flexibility index (Phi) is 8.58. The van der Waals surface area contributed by atoms with Gasteiger partial charge >= 0.3 is 6.18 Å². The molecule has 1 amide bonds. The largest absolute Gasteiger partial charge is 0.433 e. The maximum atomic E-state index is 13.8. The van der Waals surface area contributed by atoms with Crippen molar-refractivity contribution in [2.24, 2.45) is 0 Å². The highest BCUT2D eigenvalue weighted by Gasteiger charge is 2.35. The number of fused-ring (bicyclic) bond motifs is 1. The number of anilines is 1. The van der Waals surface area contributed by atoms with Gasteiger partial charge in [-0.2, -0.15) is 13.2 Å². The van der Waals surface area contributed by atoms with E-state index in [-0.39, 0.29) is 23.2 Å². The smallest absolute Gasteiger partial charge is 0.349 e. The number of hydrogen-bond acceptors (Lipinski definition) is 4. The zero-order valence-corrected chi connectivity index (χ0v) is 20.1. The van der Waals surface area contributed by atoms with Gasteiger partial charge in [0.05, 0.1) is 16.8 Å². The fourth-order valence-electron chi connectivity index (χ4n) is 4.09. The fraction of sp³-hybridized carbons (Fsp3) is 0.360. The first-order chi connectivity index (χ1) is 16.6. The third-order valence-corrected chi connectivity index (χ3v) is 6.32. The van der Waals surface area contributed by atoms with Crippen LogP contribution in [-0.4, -0.2) is 23.0 Å². The number of thiol groups is 1. The number of amides is 1. The van der Waals surface area contributed by atoms with E-state index in [0.29, 0.717) is 36.8 Å². The van der Waals surface area contributed by atoms with Crippen molar-refractivity contribution < 1.29 is 26.7 Å². The monoisotopic (exact) mass is 511 g/mol. The Bertz CT molecular complexity index is 1180. The van der Waals surface area contributed by atoms with Gasteiger partial charge in [-0.3, -0.25) is 4.79 Å². The second-order valence-electron chi connectivity index (χ2n) is 7.99. The van der Waals surface area contributed by atoms with Crippen molar-refractivity contribution in [1.82, 2.24) is 10.3 Å². The predicted octanol–water partition coefficient (Wildman–Crippen LogP) is 6.95. The third-order valence-electron chi connectivity index (χ3n) is 5.78. The summed E-state index contributed by atoms with van der Waals surface area (Å²) in [6.07, 6.45) is -2.49. The van der Waals surface area contributed by atoms with Crippen molar-refractivity contribution in [3.63, 3.8) is 0 Å². The Morgan fingerprint density at radius 2 is 1.69 bits per heavy atom. The molecule has 1 saturated carbocycles. The molecule has 1 N–H and O–H groups in total. The zero-order chi connectivity index (χ0) is 25.8. The fourth-order valence-corrected chi connectivity index (χ4v) is 4.48. The summed E-state index contributed by atoms with van der Waals surface area (Å²) in [6, 6.07) is 9.79. The molecule has 2 aromatic carbocycles. The minimum atomic E-state index is -4.60. The Hall–Kier alpha value is -2.88. The molecule has 0 saturated heterocycles. The number of carbonyl (C=O) groups excluding carboxylic acids is 1. The van der Waals surface area contributed by atoms with Crippen LogP contribution >= 0.6 is 12.8 Å². The molecule has 1 aromatic heterocycles. The van der Waals surface area contributed by atoms with E-state index in [1.807, 2.05) is 13.8 Å². The number of hydrogen-bond donors (Lipinski definition) is 2. The Balaban J connectivity index is 0.00000167. The Labute approximate surface area is 206 Å². The van der Waals surface area contributed by atoms with Crippen LogP contribution < -0.4 is 9.62 Å². The molecule has 0 spiro atoms. The van der Waals surface area contributed by atoms with Crippen LogP contribution in [0.3, 0.4) is 0 Å². The van der Waals surface area contributed by atoms with Gasteiger partial charge in [-0.15, -0.1) is 0 Å². The van der Waals surface area contributed by atoms with Gasteiger partial charge in [0.15, 0.2) is 0 Å². The second-order valence-corrected chi connectivity index (χ2v) is 8.42. The van der Waals surface area contributed by atoms with E-state index in [0.717, 1.165) is 24.3 Å². The molecule has 35 heavy (non-hydrogen) atoms. The van der Waals surface area contributed by atoms with Gasteiger partial charge < -0.3 is 9.62 Å². The van der Waals surface area contributed by atoms with Crippen molar-refractivity contribution in [3.8, 4) is 0 Å². The van der Waals surface area contributed by atoms with Gasteiger partial charge in [0.25, 0.3) is 5.91 Å². The van der Waals surface area contributed by atoms with Gasteiger partial charge in [0.2, 0.25) is 0 Å². The second kappa shape index (κ2) is 11.2. The van der Waals surface area contributed by atoms with E-state index in [1.54, 1.807) is 18.2 Å². The van der Waals surface area contributed by atoms with Gasteiger partial charge in [-0.1, -0.05) is 44.9 Å². The lowest BCUT2D eigenvalue weighted by molar-refractivity contribution is -0.140. The molecule has 0 unspecified atom stereocenters. The van der Waals surface area contributed by atoms with Crippen molar-refractivity contribution in [2.45, 2.75) is 57.8 Å². The van der Waals surface area contributed by atoms with Crippen LogP contribution in [0.5, 0.6) is 0 Å². The summed E-state index contributed by atoms with van der Waals surface area (Å²) < 4.78 is 68.9. The first kappa shape index (κ1) is 26.7. The molecule has 3 aromatic rings. The molecule has 4 rings (SSSR count). The highest BCUT2D eigenvalue weighted by molar-refractivity contribution is 7.81. The van der Waals surface area contributed by atoms with Crippen LogP contribution in [0.15, 0.2) is 48.5 Å². The number of alkyl halides is 3. The number of nitrogens with one attached hydrogen (secondary N) is 1. The summed E-state index contributed by atoms with van der Waals surface area (Å²) >= 11 is 4.52. The highest BCUT2D eigenvalue weighted by atomic mass is 32.1. The first-order valence-corrected chi connectivity index (χ1v) is 11.7. The maximum absolute atomic E-state index is 13.8. The van der Waals surface area contributed by atoms with Gasteiger partial charge in [0.1, 0.15) is 17.3 Å². The van der Waals surface area contributed by atoms with Crippen molar-refractivity contribution in [2.75, 3.05) is 4.31 Å². The lowest BCUT2D eigenvalue weighted by Gasteiger charge is -2.35. The topological polar surface area (TPSA) is 45.2 Å². The van der Waals surface area contributed by atoms with Crippen LogP contribution in [0.4, 0.5) is 27.6 Å². The van der Waals surface area contributed by atoms with E-state index >= 15 is 0 Å². The van der Waals surface area contributed by atoms with Gasteiger partial charge in [0, 0.05) is 17.5 Å². The number of para-hydroxylation sites is 1. The summed E-state index contributed by atoms with van der Waals surface area (Å²) in [5.41, 5.74) is -0.825. The number of benzene rings is 2. The standard InChI is InChI=1S/C23H20F5N3OS.C2H6/c24-13-5-10-18(25)17(11-13)22(32)29-14-6-8-15(9-7-14)31(33)20-12-21(23(26,27)28)30-19-4-2-1-3-16(19)20;1-2/h1-5,10-12,14-15,33H,6-9H2,(H,29,32);1-2H3. The summed E-state index contributed by atoms with van der Waals surface area (Å²) in [6.45, 7) is 4.00. The number of pyridine rings is 1. The molecular formula is C25H26F5N3OS. The predicted molar refractivity (Wildman–Crippen MR) is 129 cm³/mol. The number of nitrogens with zero attached hydrogens (tertiary/aromatic N) is 2. The number of halogens is 5. The number of rotatable bonds is 4. The van der Waals surface area contributed by atoms with E-state index in [4.69, 9.17) is 0 Å². The zero-order valence-electron chi connectivity index (χ0n) is 19.2. The summed E-state index contributed by atoms with van der Waals surface area (Å²) in [4.78, 5) is 16.1. The lowest BCUT2D eigenvalue weighted by Crippen LogP contribution is -2.42. The van der Waals surface area contributed by atoms with Crippen LogP contribution in [-0.2, 0) is 6.18 Å². The molecular weight excluding hydrogens is 485 g/mol. The van der Waals surface area contributed by atoms with Crippen LogP contribution in [0.2, 0.25) is 0 Å². The molecule has 0 bridgehead atoms. The van der Waals surface area contributed by atoms with E-state index in [9.17, 15) is 26.7 Å². The van der Waals surface area contributed by atoms with Crippen LogP contribution in [0.25, 0.3) is 10.9 Å². The van der Waals surface area contributed by atoms with E-state index < -0.39 is 29.4 Å². The van der Waals surface area contributed by atoms with Crippen molar-refractivity contribution in [1.29, 1.82) is 0 Å². The number of carbonyl (C=O) groups is 1. The third kappa shape index (κ3) is 6.22. The summed E-state index contributed by atoms with van der Waals surface area (Å²) in [7, 11) is 0. The molecule has 1 heterocycles. The molecule has 0 aliphatic heterocycles. The summed E-state index contributed by atoms with van der Waals surface area (Å²) in [5.74, 6) is -2.22. The number of aromatic nitrogens is 1. The quantitative estimate of drug-likeness (QED) is 0.294. The molecule has 0 atom stereocenters. The Morgan fingerprint density at radius 3 is 2.34 bits per heavy atom. The first-order valence-electron chi connectivity index (χ1n) is 11.3.